The number of carbonyl (C=O) groups is 1. The normalized spacial score (nSPS) is 17.8. The van der Waals surface area contributed by atoms with Crippen molar-refractivity contribution in [2.75, 3.05) is 11.2 Å². The molecule has 0 atom stereocenters. The first-order valence-corrected chi connectivity index (χ1v) is 6.05. The van der Waals surface area contributed by atoms with Gasteiger partial charge in [0, 0.05) is 17.0 Å². The Labute approximate surface area is 101 Å². The number of anilines is 1. The summed E-state index contributed by atoms with van der Waals surface area (Å²) in [6.45, 7) is 3.94. The molecule has 16 heavy (non-hydrogen) atoms. The third-order valence-electron chi connectivity index (χ3n) is 3.05. The van der Waals surface area contributed by atoms with Crippen LogP contribution in [-0.2, 0) is 17.6 Å². The lowest BCUT2D eigenvalue weighted by molar-refractivity contribution is -0.124. The van der Waals surface area contributed by atoms with Crippen molar-refractivity contribution in [1.82, 2.24) is 0 Å². The Morgan fingerprint density at radius 2 is 2.19 bits per heavy atom. The van der Waals surface area contributed by atoms with Crippen LogP contribution in [0.1, 0.15) is 25.0 Å². The Hall–Kier alpha value is -1.02. The minimum Gasteiger partial charge on any atom is -0.325 e. The van der Waals surface area contributed by atoms with E-state index >= 15 is 0 Å². The second-order valence-corrected chi connectivity index (χ2v) is 5.32. The molecular weight excluding hydrogens is 222 g/mol. The maximum Gasteiger partial charge on any atom is 0.230 e. The Morgan fingerprint density at radius 1 is 1.44 bits per heavy atom. The molecule has 1 aromatic rings. The molecular formula is C13H16ClNO. The molecule has 0 unspecified atom stereocenters. The lowest BCUT2D eigenvalue weighted by Crippen LogP contribution is -2.37. The molecule has 1 aliphatic rings. The average molecular weight is 238 g/mol. The summed E-state index contributed by atoms with van der Waals surface area (Å²) in [7, 11) is 0. The van der Waals surface area contributed by atoms with Crippen LogP contribution in [0.2, 0.25) is 0 Å². The number of rotatable bonds is 2. The summed E-state index contributed by atoms with van der Waals surface area (Å²) >= 11 is 5.73. The van der Waals surface area contributed by atoms with Gasteiger partial charge in [0.2, 0.25) is 5.91 Å². The van der Waals surface area contributed by atoms with Gasteiger partial charge in [0.25, 0.3) is 0 Å². The minimum absolute atomic E-state index is 0.102. The predicted molar refractivity (Wildman–Crippen MR) is 67.0 cm³/mol. The molecule has 1 aliphatic heterocycles. The highest BCUT2D eigenvalue weighted by Crippen LogP contribution is 2.33. The number of hydrogen-bond acceptors (Lipinski definition) is 1. The van der Waals surface area contributed by atoms with Gasteiger partial charge in [-0.25, -0.2) is 0 Å². The molecule has 1 heterocycles. The van der Waals surface area contributed by atoms with Crippen LogP contribution in [0.4, 0.5) is 5.69 Å². The first-order chi connectivity index (χ1) is 7.53. The van der Waals surface area contributed by atoms with Crippen LogP contribution in [-0.4, -0.2) is 11.8 Å². The van der Waals surface area contributed by atoms with E-state index in [-0.39, 0.29) is 11.3 Å². The van der Waals surface area contributed by atoms with Gasteiger partial charge in [-0.2, -0.15) is 0 Å². The second kappa shape index (κ2) is 4.10. The number of alkyl halides is 1. The van der Waals surface area contributed by atoms with Crippen LogP contribution in [0.5, 0.6) is 0 Å². The van der Waals surface area contributed by atoms with E-state index in [1.807, 2.05) is 26.0 Å². The summed E-state index contributed by atoms with van der Waals surface area (Å²) in [6.07, 6.45) is 1.67. The first-order valence-electron chi connectivity index (χ1n) is 5.52. The van der Waals surface area contributed by atoms with E-state index in [1.54, 1.807) is 0 Å². The largest absolute Gasteiger partial charge is 0.325 e. The number of fused-ring (bicyclic) bond motifs is 1. The second-order valence-electron chi connectivity index (χ2n) is 4.95. The zero-order valence-corrected chi connectivity index (χ0v) is 10.4. The molecule has 0 radical (unpaired) electrons. The molecule has 1 amide bonds. The summed E-state index contributed by atoms with van der Waals surface area (Å²) in [4.78, 5) is 11.8. The minimum atomic E-state index is -0.313. The van der Waals surface area contributed by atoms with E-state index in [0.29, 0.717) is 5.88 Å². The fraction of sp³-hybridized carbons (Fsp3) is 0.462. The van der Waals surface area contributed by atoms with E-state index in [4.69, 9.17) is 11.6 Å². The highest BCUT2D eigenvalue weighted by Gasteiger charge is 2.33. The summed E-state index contributed by atoms with van der Waals surface area (Å²) in [6, 6.07) is 6.16. The Bertz CT molecular complexity index is 426. The number of hydrogen-bond donors (Lipinski definition) is 1. The molecule has 0 saturated carbocycles. The molecule has 1 aromatic carbocycles. The van der Waals surface area contributed by atoms with Gasteiger partial charge in [0.1, 0.15) is 0 Å². The van der Waals surface area contributed by atoms with E-state index in [9.17, 15) is 4.79 Å². The molecule has 0 fully saturated rings. The van der Waals surface area contributed by atoms with Gasteiger partial charge in [-0.05, 0) is 30.0 Å². The zero-order valence-electron chi connectivity index (χ0n) is 9.64. The van der Waals surface area contributed by atoms with Crippen LogP contribution in [0.3, 0.4) is 0 Å². The van der Waals surface area contributed by atoms with Gasteiger partial charge in [0.15, 0.2) is 0 Å². The first kappa shape index (κ1) is 11.5. The standard InChI is InChI=1S/C13H16ClNO/c1-13(2)8-10-7-9(5-6-14)3-4-11(10)15-12(13)16/h3-4,7H,5-6,8H2,1-2H3,(H,15,16). The number of amides is 1. The lowest BCUT2D eigenvalue weighted by atomic mass is 9.81. The van der Waals surface area contributed by atoms with Crippen molar-refractivity contribution in [2.24, 2.45) is 5.41 Å². The van der Waals surface area contributed by atoms with Crippen molar-refractivity contribution < 1.29 is 4.79 Å². The molecule has 2 nitrogen and oxygen atoms in total. The van der Waals surface area contributed by atoms with Gasteiger partial charge in [-0.15, -0.1) is 11.6 Å². The van der Waals surface area contributed by atoms with E-state index in [1.165, 1.54) is 11.1 Å². The van der Waals surface area contributed by atoms with Crippen LogP contribution >= 0.6 is 11.6 Å². The number of halogens is 1. The molecule has 2 rings (SSSR count). The Morgan fingerprint density at radius 3 is 2.88 bits per heavy atom. The summed E-state index contributed by atoms with van der Waals surface area (Å²) in [5.74, 6) is 0.735. The maximum absolute atomic E-state index is 11.8. The van der Waals surface area contributed by atoms with Gasteiger partial charge in [-0.3, -0.25) is 4.79 Å². The molecule has 0 aliphatic carbocycles. The fourth-order valence-electron chi connectivity index (χ4n) is 2.03. The van der Waals surface area contributed by atoms with E-state index in [0.717, 1.165) is 18.5 Å². The van der Waals surface area contributed by atoms with Crippen LogP contribution in [0.15, 0.2) is 18.2 Å². The van der Waals surface area contributed by atoms with Crippen molar-refractivity contribution >= 4 is 23.2 Å². The zero-order chi connectivity index (χ0) is 11.8. The highest BCUT2D eigenvalue weighted by atomic mass is 35.5. The molecule has 3 heteroatoms. The number of nitrogens with one attached hydrogen (secondary N) is 1. The van der Waals surface area contributed by atoms with E-state index < -0.39 is 0 Å². The monoisotopic (exact) mass is 237 g/mol. The van der Waals surface area contributed by atoms with Gasteiger partial charge in [-0.1, -0.05) is 26.0 Å². The quantitative estimate of drug-likeness (QED) is 0.788. The predicted octanol–water partition coefficient (Wildman–Crippen LogP) is 2.99. The van der Waals surface area contributed by atoms with Crippen molar-refractivity contribution in [3.8, 4) is 0 Å². The summed E-state index contributed by atoms with van der Waals surface area (Å²) in [5.41, 5.74) is 3.09. The SMILES string of the molecule is CC1(C)Cc2cc(CCCl)ccc2NC1=O. The van der Waals surface area contributed by atoms with Crippen molar-refractivity contribution in [3.63, 3.8) is 0 Å². The summed E-state index contributed by atoms with van der Waals surface area (Å²) < 4.78 is 0. The molecule has 0 bridgehead atoms. The van der Waals surface area contributed by atoms with Crippen molar-refractivity contribution in [1.29, 1.82) is 0 Å². The third-order valence-corrected chi connectivity index (χ3v) is 3.24. The fourth-order valence-corrected chi connectivity index (χ4v) is 2.25. The molecule has 1 N–H and O–H groups in total. The molecule has 0 saturated heterocycles. The maximum atomic E-state index is 11.8. The number of carbonyl (C=O) groups excluding carboxylic acids is 1. The summed E-state index contributed by atoms with van der Waals surface area (Å²) in [5, 5.41) is 2.95. The Balaban J connectivity index is 2.34. The van der Waals surface area contributed by atoms with Crippen LogP contribution in [0, 0.1) is 5.41 Å². The number of aryl methyl sites for hydroxylation is 1. The molecule has 0 spiro atoms. The van der Waals surface area contributed by atoms with Gasteiger partial charge < -0.3 is 5.32 Å². The Kier molecular flexibility index (Phi) is 2.94. The van der Waals surface area contributed by atoms with E-state index in [2.05, 4.69) is 11.4 Å². The van der Waals surface area contributed by atoms with Crippen molar-refractivity contribution in [2.45, 2.75) is 26.7 Å². The highest BCUT2D eigenvalue weighted by molar-refractivity contribution is 6.18. The lowest BCUT2D eigenvalue weighted by Gasteiger charge is -2.30. The van der Waals surface area contributed by atoms with Gasteiger partial charge >= 0.3 is 0 Å². The van der Waals surface area contributed by atoms with Crippen LogP contribution in [0.25, 0.3) is 0 Å². The van der Waals surface area contributed by atoms with Gasteiger partial charge in [0.05, 0.1) is 0 Å². The molecule has 0 aromatic heterocycles. The smallest absolute Gasteiger partial charge is 0.230 e. The third kappa shape index (κ3) is 2.07. The molecule has 86 valence electrons. The average Bonchev–Trinajstić information content (AvgIpc) is 2.20. The van der Waals surface area contributed by atoms with Crippen molar-refractivity contribution in [3.05, 3.63) is 29.3 Å². The van der Waals surface area contributed by atoms with Crippen LogP contribution < -0.4 is 5.32 Å². The number of benzene rings is 1. The topological polar surface area (TPSA) is 29.1 Å².